The van der Waals surface area contributed by atoms with Crippen molar-refractivity contribution in [3.63, 3.8) is 0 Å². The zero-order valence-corrected chi connectivity index (χ0v) is 12.7. The van der Waals surface area contributed by atoms with Crippen LogP contribution in [0, 0.1) is 0 Å². The Balaban J connectivity index is 2.11. The Hall–Kier alpha value is -1.65. The molecule has 1 aromatic heterocycles. The maximum Gasteiger partial charge on any atom is 0.261 e. The summed E-state index contributed by atoms with van der Waals surface area (Å²) in [6.45, 7) is 0.468. The number of rotatable bonds is 2. The van der Waals surface area contributed by atoms with Gasteiger partial charge in [0, 0.05) is 9.50 Å². The van der Waals surface area contributed by atoms with Crippen molar-refractivity contribution in [2.75, 3.05) is 0 Å². The predicted molar refractivity (Wildman–Crippen MR) is 84.3 cm³/mol. The van der Waals surface area contributed by atoms with Crippen LogP contribution in [-0.2, 0) is 6.54 Å². The highest BCUT2D eigenvalue weighted by Crippen LogP contribution is 2.17. The molecule has 100 valence electrons. The van der Waals surface area contributed by atoms with Gasteiger partial charge in [-0.2, -0.15) is 0 Å². The number of hydrogen-bond acceptors (Lipinski definition) is 2. The topological polar surface area (TPSA) is 34.9 Å². The molecule has 3 nitrogen and oxygen atoms in total. The first-order valence-corrected chi connectivity index (χ1v) is 7.20. The van der Waals surface area contributed by atoms with Crippen LogP contribution in [0.3, 0.4) is 0 Å². The number of fused-ring (bicyclic) bond motifs is 1. The van der Waals surface area contributed by atoms with Gasteiger partial charge in [-0.15, -0.1) is 0 Å². The molecule has 0 bridgehead atoms. The fourth-order valence-electron chi connectivity index (χ4n) is 2.05. The van der Waals surface area contributed by atoms with E-state index in [1.165, 1.54) is 0 Å². The number of halogens is 2. The largest absolute Gasteiger partial charge is 0.294 e. The summed E-state index contributed by atoms with van der Waals surface area (Å²) in [5.74, 6) is 0. The minimum Gasteiger partial charge on any atom is -0.294 e. The molecule has 2 aromatic carbocycles. The molecule has 0 N–H and O–H groups in total. The molecule has 0 aliphatic rings. The Kier molecular flexibility index (Phi) is 3.59. The lowest BCUT2D eigenvalue weighted by Gasteiger charge is -2.08. The second kappa shape index (κ2) is 5.38. The van der Waals surface area contributed by atoms with Gasteiger partial charge in [0.25, 0.3) is 5.56 Å². The van der Waals surface area contributed by atoms with Crippen molar-refractivity contribution < 1.29 is 0 Å². The molecule has 5 heteroatoms. The van der Waals surface area contributed by atoms with Gasteiger partial charge < -0.3 is 0 Å². The smallest absolute Gasteiger partial charge is 0.261 e. The number of benzene rings is 2. The van der Waals surface area contributed by atoms with Gasteiger partial charge in [-0.25, -0.2) is 4.98 Å². The van der Waals surface area contributed by atoms with Gasteiger partial charge in [-0.1, -0.05) is 45.7 Å². The molecule has 3 aromatic rings. The molecule has 0 unspecified atom stereocenters. The van der Waals surface area contributed by atoms with Crippen LogP contribution in [0.2, 0.25) is 5.02 Å². The highest BCUT2D eigenvalue weighted by molar-refractivity contribution is 9.10. The Morgan fingerprint density at radius 3 is 2.80 bits per heavy atom. The lowest BCUT2D eigenvalue weighted by Crippen LogP contribution is -2.21. The normalized spacial score (nSPS) is 10.9. The van der Waals surface area contributed by atoms with Crippen LogP contribution in [-0.4, -0.2) is 9.55 Å². The molecular weight excluding hydrogens is 340 g/mol. The molecule has 0 saturated carbocycles. The molecule has 0 spiro atoms. The Labute approximate surface area is 129 Å². The average Bonchev–Trinajstić information content (AvgIpc) is 2.45. The zero-order chi connectivity index (χ0) is 14.1. The Morgan fingerprint density at radius 2 is 2.00 bits per heavy atom. The third kappa shape index (κ3) is 2.49. The second-order valence-electron chi connectivity index (χ2n) is 4.43. The van der Waals surface area contributed by atoms with E-state index >= 15 is 0 Å². The van der Waals surface area contributed by atoms with E-state index in [0.29, 0.717) is 22.5 Å². The highest BCUT2D eigenvalue weighted by Gasteiger charge is 2.06. The summed E-state index contributed by atoms with van der Waals surface area (Å²) in [5, 5.41) is 1.07. The standard InChI is InChI=1S/C15H10BrClN2O/c16-13-4-2-1-3-10(13)8-19-9-18-14-6-5-11(17)7-12(14)15(19)20/h1-7,9H,8H2. The first-order valence-electron chi connectivity index (χ1n) is 6.03. The predicted octanol–water partition coefficient (Wildman–Crippen LogP) is 3.86. The molecule has 3 rings (SSSR count). The van der Waals surface area contributed by atoms with E-state index in [1.54, 1.807) is 29.1 Å². The summed E-state index contributed by atoms with van der Waals surface area (Å²) in [4.78, 5) is 16.7. The van der Waals surface area contributed by atoms with Crippen LogP contribution in [0.25, 0.3) is 10.9 Å². The number of hydrogen-bond donors (Lipinski definition) is 0. The third-order valence-corrected chi connectivity index (χ3v) is 4.09. The molecule has 0 fully saturated rings. The van der Waals surface area contributed by atoms with Crippen LogP contribution >= 0.6 is 27.5 Å². The van der Waals surface area contributed by atoms with Crippen molar-refractivity contribution in [2.24, 2.45) is 0 Å². The van der Waals surface area contributed by atoms with Gasteiger partial charge in [0.05, 0.1) is 23.8 Å². The molecule has 20 heavy (non-hydrogen) atoms. The van der Waals surface area contributed by atoms with Crippen molar-refractivity contribution >= 4 is 38.4 Å². The maximum atomic E-state index is 12.4. The molecule has 0 radical (unpaired) electrons. The third-order valence-electron chi connectivity index (χ3n) is 3.08. The van der Waals surface area contributed by atoms with Crippen LogP contribution in [0.15, 0.2) is 58.1 Å². The molecule has 0 atom stereocenters. The molecule has 0 saturated heterocycles. The quantitative estimate of drug-likeness (QED) is 0.704. The lowest BCUT2D eigenvalue weighted by molar-refractivity contribution is 0.746. The molecular formula is C15H10BrClN2O. The first kappa shape index (κ1) is 13.3. The number of aromatic nitrogens is 2. The van der Waals surface area contributed by atoms with E-state index in [2.05, 4.69) is 20.9 Å². The monoisotopic (exact) mass is 348 g/mol. The summed E-state index contributed by atoms with van der Waals surface area (Å²) in [7, 11) is 0. The molecule has 0 aliphatic carbocycles. The average molecular weight is 350 g/mol. The second-order valence-corrected chi connectivity index (χ2v) is 5.72. The van der Waals surface area contributed by atoms with Gasteiger partial charge in [0.15, 0.2) is 0 Å². The van der Waals surface area contributed by atoms with Gasteiger partial charge in [-0.3, -0.25) is 9.36 Å². The van der Waals surface area contributed by atoms with Crippen molar-refractivity contribution in [2.45, 2.75) is 6.54 Å². The summed E-state index contributed by atoms with van der Waals surface area (Å²) >= 11 is 9.43. The Morgan fingerprint density at radius 1 is 1.20 bits per heavy atom. The van der Waals surface area contributed by atoms with Crippen LogP contribution < -0.4 is 5.56 Å². The van der Waals surface area contributed by atoms with Crippen molar-refractivity contribution in [1.82, 2.24) is 9.55 Å². The van der Waals surface area contributed by atoms with Crippen molar-refractivity contribution in [3.8, 4) is 0 Å². The SMILES string of the molecule is O=c1c2cc(Cl)ccc2ncn1Cc1ccccc1Br. The van der Waals surface area contributed by atoms with Crippen LogP contribution in [0.4, 0.5) is 0 Å². The number of nitrogens with zero attached hydrogens (tertiary/aromatic N) is 2. The van der Waals surface area contributed by atoms with E-state index in [9.17, 15) is 4.79 Å². The van der Waals surface area contributed by atoms with E-state index in [1.807, 2.05) is 24.3 Å². The van der Waals surface area contributed by atoms with E-state index < -0.39 is 0 Å². The molecule has 0 aliphatic heterocycles. The van der Waals surface area contributed by atoms with E-state index in [-0.39, 0.29) is 5.56 Å². The van der Waals surface area contributed by atoms with Gasteiger partial charge in [0.1, 0.15) is 0 Å². The summed E-state index contributed by atoms with van der Waals surface area (Å²) < 4.78 is 2.55. The van der Waals surface area contributed by atoms with Crippen molar-refractivity contribution in [1.29, 1.82) is 0 Å². The summed E-state index contributed by atoms with van der Waals surface area (Å²) in [5.41, 5.74) is 1.59. The lowest BCUT2D eigenvalue weighted by atomic mass is 10.2. The fraction of sp³-hybridized carbons (Fsp3) is 0.0667. The zero-order valence-electron chi connectivity index (χ0n) is 10.4. The Bertz CT molecular complexity index is 845. The highest BCUT2D eigenvalue weighted by atomic mass is 79.9. The minimum absolute atomic E-state index is 0.0896. The van der Waals surface area contributed by atoms with Gasteiger partial charge in [-0.05, 0) is 29.8 Å². The van der Waals surface area contributed by atoms with E-state index in [4.69, 9.17) is 11.6 Å². The van der Waals surface area contributed by atoms with E-state index in [0.717, 1.165) is 10.0 Å². The summed E-state index contributed by atoms with van der Waals surface area (Å²) in [6, 6.07) is 12.9. The van der Waals surface area contributed by atoms with Gasteiger partial charge >= 0.3 is 0 Å². The maximum absolute atomic E-state index is 12.4. The van der Waals surface area contributed by atoms with Crippen LogP contribution in [0.5, 0.6) is 0 Å². The summed E-state index contributed by atoms with van der Waals surface area (Å²) in [6.07, 6.45) is 1.57. The molecule has 0 amide bonds. The van der Waals surface area contributed by atoms with Crippen LogP contribution in [0.1, 0.15) is 5.56 Å². The fourth-order valence-corrected chi connectivity index (χ4v) is 2.64. The first-order chi connectivity index (χ1) is 9.65. The van der Waals surface area contributed by atoms with Gasteiger partial charge in [0.2, 0.25) is 0 Å². The van der Waals surface area contributed by atoms with Crippen molar-refractivity contribution in [3.05, 3.63) is 74.2 Å². The minimum atomic E-state index is -0.0896. The molecule has 1 heterocycles.